The zero-order chi connectivity index (χ0) is 21.7. The van der Waals surface area contributed by atoms with Crippen LogP contribution in [0.1, 0.15) is 18.4 Å². The normalized spacial score (nSPS) is 16.3. The maximum atomic E-state index is 12.7. The summed E-state index contributed by atoms with van der Waals surface area (Å²) in [5, 5.41) is 10.9. The van der Waals surface area contributed by atoms with Crippen molar-refractivity contribution in [1.29, 1.82) is 0 Å². The number of hydrogen-bond acceptors (Lipinski definition) is 8. The predicted molar refractivity (Wildman–Crippen MR) is 110 cm³/mol. The zero-order valence-electron chi connectivity index (χ0n) is 16.6. The Morgan fingerprint density at radius 1 is 1.13 bits per heavy atom. The molecule has 0 aliphatic carbocycles. The van der Waals surface area contributed by atoms with Gasteiger partial charge >= 0.3 is 16.2 Å². The average molecular weight is 443 g/mol. The lowest BCUT2D eigenvalue weighted by molar-refractivity contribution is 0.0947. The van der Waals surface area contributed by atoms with Gasteiger partial charge < -0.3 is 13.8 Å². The number of likely N-dealkylation sites (tertiary alicyclic amines) is 1. The molecule has 2 aromatic carbocycles. The molecular weight excluding hydrogens is 422 g/mol. The Labute approximate surface area is 179 Å². The summed E-state index contributed by atoms with van der Waals surface area (Å²) in [5.74, 6) is -0.174. The highest BCUT2D eigenvalue weighted by Crippen LogP contribution is 2.23. The van der Waals surface area contributed by atoms with Crippen molar-refractivity contribution in [2.45, 2.75) is 25.5 Å². The van der Waals surface area contributed by atoms with Crippen molar-refractivity contribution >= 4 is 16.2 Å². The van der Waals surface area contributed by atoms with Gasteiger partial charge in [-0.15, -0.1) is 5.10 Å². The molecule has 4 rings (SSSR count). The minimum absolute atomic E-state index is 0.135. The maximum absolute atomic E-state index is 12.7. The van der Waals surface area contributed by atoms with Crippen molar-refractivity contribution < 1.29 is 22.1 Å². The number of carbonyl (C=O) groups excluding carboxylic acids is 1. The van der Waals surface area contributed by atoms with E-state index in [0.29, 0.717) is 25.1 Å². The summed E-state index contributed by atoms with van der Waals surface area (Å²) in [6, 6.07) is 15.2. The van der Waals surface area contributed by atoms with Gasteiger partial charge in [0.1, 0.15) is 24.4 Å². The number of ether oxygens (including phenoxy) is 1. The quantitative estimate of drug-likeness (QED) is 0.510. The molecule has 1 aliphatic heterocycles. The van der Waals surface area contributed by atoms with Gasteiger partial charge in [0.15, 0.2) is 0 Å². The van der Waals surface area contributed by atoms with Crippen LogP contribution in [-0.2, 0) is 21.5 Å². The highest BCUT2D eigenvalue weighted by molar-refractivity contribution is 7.87. The Morgan fingerprint density at radius 3 is 2.74 bits per heavy atom. The summed E-state index contributed by atoms with van der Waals surface area (Å²) >= 11 is 0. The van der Waals surface area contributed by atoms with E-state index in [-0.39, 0.29) is 18.1 Å². The SMILES string of the molecule is O=C(OCc1ccccc1)N1CCC[C@@H]1CS(=O)(=O)Oc1cccc(-n2cnnn2)c1. The first-order chi connectivity index (χ1) is 15.0. The number of nitrogens with zero attached hydrogens (tertiary/aromatic N) is 5. The van der Waals surface area contributed by atoms with Crippen LogP contribution in [0.4, 0.5) is 4.79 Å². The van der Waals surface area contributed by atoms with Crippen molar-refractivity contribution in [2.75, 3.05) is 12.3 Å². The van der Waals surface area contributed by atoms with Gasteiger partial charge in [0.05, 0.1) is 11.7 Å². The first-order valence-corrected chi connectivity index (χ1v) is 11.3. The smallest absolute Gasteiger partial charge is 0.410 e. The van der Waals surface area contributed by atoms with E-state index in [4.69, 9.17) is 8.92 Å². The van der Waals surface area contributed by atoms with Gasteiger partial charge in [0.25, 0.3) is 0 Å². The third-order valence-corrected chi connectivity index (χ3v) is 6.11. The van der Waals surface area contributed by atoms with Crippen LogP contribution < -0.4 is 4.18 Å². The van der Waals surface area contributed by atoms with E-state index in [1.807, 2.05) is 30.3 Å². The summed E-state index contributed by atoms with van der Waals surface area (Å²) in [4.78, 5) is 14.0. The van der Waals surface area contributed by atoms with E-state index < -0.39 is 22.3 Å². The Morgan fingerprint density at radius 2 is 1.97 bits per heavy atom. The molecule has 1 atom stereocenters. The fourth-order valence-corrected chi connectivity index (χ4v) is 4.71. The Hall–Kier alpha value is -3.47. The molecule has 1 fully saturated rings. The fraction of sp³-hybridized carbons (Fsp3) is 0.300. The Balaban J connectivity index is 1.38. The molecule has 1 aromatic heterocycles. The minimum Gasteiger partial charge on any atom is -0.445 e. The molecule has 0 bridgehead atoms. The second kappa shape index (κ2) is 9.13. The monoisotopic (exact) mass is 443 g/mol. The molecule has 0 radical (unpaired) electrons. The molecule has 0 unspecified atom stereocenters. The van der Waals surface area contributed by atoms with Gasteiger partial charge in [-0.05, 0) is 41.0 Å². The van der Waals surface area contributed by atoms with Crippen LogP contribution in [0.2, 0.25) is 0 Å². The molecule has 2 heterocycles. The summed E-state index contributed by atoms with van der Waals surface area (Å²) in [6.45, 7) is 0.582. The van der Waals surface area contributed by atoms with Crippen molar-refractivity contribution in [3.05, 3.63) is 66.5 Å². The second-order valence-electron chi connectivity index (χ2n) is 7.09. The standard InChI is InChI=1S/C20H21N5O5S/c26-20(29-13-16-6-2-1-3-7-16)24-11-5-9-18(24)14-31(27,28)30-19-10-4-8-17(12-19)25-15-21-22-23-25/h1-4,6-8,10,12,15,18H,5,9,11,13-14H2/t18-/m1/s1. The van der Waals surface area contributed by atoms with Crippen LogP contribution in [0.15, 0.2) is 60.9 Å². The summed E-state index contributed by atoms with van der Waals surface area (Å²) in [7, 11) is -3.95. The number of amides is 1. The lowest BCUT2D eigenvalue weighted by Gasteiger charge is -2.23. The number of tetrazole rings is 1. The first-order valence-electron chi connectivity index (χ1n) is 9.73. The van der Waals surface area contributed by atoms with Crippen LogP contribution in [0.25, 0.3) is 5.69 Å². The molecule has 3 aromatic rings. The lowest BCUT2D eigenvalue weighted by Crippen LogP contribution is -2.40. The van der Waals surface area contributed by atoms with E-state index in [0.717, 1.165) is 5.56 Å². The third kappa shape index (κ3) is 5.37. The third-order valence-electron chi connectivity index (χ3n) is 4.87. The summed E-state index contributed by atoms with van der Waals surface area (Å²) in [6.07, 6.45) is 2.14. The average Bonchev–Trinajstić information content (AvgIpc) is 3.45. The highest BCUT2D eigenvalue weighted by Gasteiger charge is 2.34. The highest BCUT2D eigenvalue weighted by atomic mass is 32.2. The topological polar surface area (TPSA) is 117 Å². The van der Waals surface area contributed by atoms with Crippen molar-refractivity contribution in [3.8, 4) is 11.4 Å². The zero-order valence-corrected chi connectivity index (χ0v) is 17.4. The van der Waals surface area contributed by atoms with Crippen LogP contribution in [0, 0.1) is 0 Å². The van der Waals surface area contributed by atoms with Gasteiger partial charge in [-0.3, -0.25) is 0 Å². The molecular formula is C20H21N5O5S. The number of aromatic nitrogens is 4. The second-order valence-corrected chi connectivity index (χ2v) is 8.70. The van der Waals surface area contributed by atoms with Crippen molar-refractivity contribution in [2.24, 2.45) is 0 Å². The fourth-order valence-electron chi connectivity index (χ4n) is 3.43. The van der Waals surface area contributed by atoms with E-state index in [2.05, 4.69) is 15.5 Å². The van der Waals surface area contributed by atoms with Crippen molar-refractivity contribution in [3.63, 3.8) is 0 Å². The van der Waals surface area contributed by atoms with Gasteiger partial charge in [-0.1, -0.05) is 36.4 Å². The van der Waals surface area contributed by atoms with Crippen LogP contribution in [-0.4, -0.2) is 58.0 Å². The molecule has 162 valence electrons. The number of rotatable bonds is 7. The molecule has 31 heavy (non-hydrogen) atoms. The van der Waals surface area contributed by atoms with Crippen LogP contribution >= 0.6 is 0 Å². The van der Waals surface area contributed by atoms with Gasteiger partial charge in [0, 0.05) is 12.6 Å². The van der Waals surface area contributed by atoms with E-state index in [9.17, 15) is 13.2 Å². The molecule has 0 saturated carbocycles. The molecule has 1 saturated heterocycles. The molecule has 0 spiro atoms. The number of benzene rings is 2. The van der Waals surface area contributed by atoms with Crippen LogP contribution in [0.5, 0.6) is 5.75 Å². The Bertz CT molecular complexity index is 1120. The van der Waals surface area contributed by atoms with Crippen LogP contribution in [0.3, 0.4) is 0 Å². The van der Waals surface area contributed by atoms with E-state index >= 15 is 0 Å². The summed E-state index contributed by atoms with van der Waals surface area (Å²) < 4.78 is 37.3. The Kier molecular flexibility index (Phi) is 6.12. The first kappa shape index (κ1) is 20.8. The van der Waals surface area contributed by atoms with Gasteiger partial charge in [-0.25, -0.2) is 9.48 Å². The van der Waals surface area contributed by atoms with Gasteiger partial charge in [-0.2, -0.15) is 8.42 Å². The number of carbonyl (C=O) groups is 1. The largest absolute Gasteiger partial charge is 0.445 e. The molecule has 10 nitrogen and oxygen atoms in total. The molecule has 0 N–H and O–H groups in total. The molecule has 1 aliphatic rings. The van der Waals surface area contributed by atoms with Gasteiger partial charge in [0.2, 0.25) is 0 Å². The number of hydrogen-bond donors (Lipinski definition) is 0. The maximum Gasteiger partial charge on any atom is 0.410 e. The molecule has 1 amide bonds. The van der Waals surface area contributed by atoms with E-state index in [1.165, 1.54) is 28.0 Å². The lowest BCUT2D eigenvalue weighted by atomic mass is 10.2. The molecule has 11 heteroatoms. The van der Waals surface area contributed by atoms with E-state index in [1.54, 1.807) is 12.1 Å². The van der Waals surface area contributed by atoms with Crippen molar-refractivity contribution in [1.82, 2.24) is 25.1 Å². The minimum atomic E-state index is -3.95. The summed E-state index contributed by atoms with van der Waals surface area (Å²) in [5.41, 5.74) is 1.43. The predicted octanol–water partition coefficient (Wildman–Crippen LogP) is 2.17.